The first-order chi connectivity index (χ1) is 14.3. The third kappa shape index (κ3) is 4.06. The summed E-state index contributed by atoms with van der Waals surface area (Å²) in [6, 6.07) is 16.2. The molecule has 0 aliphatic carbocycles. The molecule has 154 valence electrons. The van der Waals surface area contributed by atoms with Gasteiger partial charge in [-0.1, -0.05) is 24.3 Å². The fourth-order valence-corrected chi connectivity index (χ4v) is 4.03. The van der Waals surface area contributed by atoms with Gasteiger partial charge in [0, 0.05) is 12.1 Å². The smallest absolute Gasteiger partial charge is 0.287 e. The lowest BCUT2D eigenvalue weighted by Crippen LogP contribution is -2.15. The summed E-state index contributed by atoms with van der Waals surface area (Å²) < 4.78 is 40.1. The van der Waals surface area contributed by atoms with Crippen LogP contribution in [0.3, 0.4) is 0 Å². The average Bonchev–Trinajstić information content (AvgIpc) is 3.09. The van der Waals surface area contributed by atoms with Crippen LogP contribution in [0.4, 0.5) is 5.69 Å². The Kier molecular flexibility index (Phi) is 5.04. The Morgan fingerprint density at radius 2 is 1.83 bits per heavy atom. The number of benzene rings is 2. The van der Waals surface area contributed by atoms with E-state index in [-0.39, 0.29) is 17.1 Å². The van der Waals surface area contributed by atoms with Gasteiger partial charge in [-0.3, -0.25) is 9.52 Å². The van der Waals surface area contributed by atoms with E-state index in [2.05, 4.69) is 9.71 Å². The molecule has 2 aromatic heterocycles. The van der Waals surface area contributed by atoms with E-state index in [0.29, 0.717) is 28.5 Å². The molecule has 0 bridgehead atoms. The molecule has 0 amide bonds. The van der Waals surface area contributed by atoms with Crippen molar-refractivity contribution in [3.63, 3.8) is 0 Å². The number of aryl methyl sites for hydroxylation is 2. The largest absolute Gasteiger partial charge is 0.485 e. The third-order valence-electron chi connectivity index (χ3n) is 4.33. The van der Waals surface area contributed by atoms with E-state index < -0.39 is 10.0 Å². The van der Waals surface area contributed by atoms with Gasteiger partial charge in [0.25, 0.3) is 15.6 Å². The van der Waals surface area contributed by atoms with Gasteiger partial charge < -0.3 is 9.26 Å². The first kappa shape index (κ1) is 19.7. The van der Waals surface area contributed by atoms with Gasteiger partial charge in [0.05, 0.1) is 16.3 Å². The summed E-state index contributed by atoms with van der Waals surface area (Å²) in [4.78, 5) is 16.7. The van der Waals surface area contributed by atoms with Crippen LogP contribution in [0, 0.1) is 13.8 Å². The molecular formula is C21H19N3O5S. The molecule has 0 radical (unpaired) electrons. The van der Waals surface area contributed by atoms with Gasteiger partial charge in [0.15, 0.2) is 5.65 Å². The van der Waals surface area contributed by atoms with Gasteiger partial charge in [0.1, 0.15) is 18.1 Å². The molecule has 0 unspecified atom stereocenters. The zero-order chi connectivity index (χ0) is 21.3. The Hall–Kier alpha value is -3.59. The highest BCUT2D eigenvalue weighted by Crippen LogP contribution is 2.29. The molecule has 1 N–H and O–H groups in total. The van der Waals surface area contributed by atoms with Gasteiger partial charge in [-0.05, 0) is 43.7 Å². The minimum atomic E-state index is -3.78. The molecule has 2 heterocycles. The molecule has 0 fully saturated rings. The summed E-state index contributed by atoms with van der Waals surface area (Å²) in [6.45, 7) is 3.56. The van der Waals surface area contributed by atoms with Crippen LogP contribution in [-0.4, -0.2) is 18.0 Å². The zero-order valence-corrected chi connectivity index (χ0v) is 17.1. The highest BCUT2D eigenvalue weighted by Gasteiger charge is 2.17. The Balaban J connectivity index is 1.60. The lowest BCUT2D eigenvalue weighted by atomic mass is 10.2. The predicted molar refractivity (Wildman–Crippen MR) is 111 cm³/mol. The van der Waals surface area contributed by atoms with Crippen LogP contribution in [0.15, 0.2) is 74.9 Å². The van der Waals surface area contributed by atoms with Crippen LogP contribution >= 0.6 is 0 Å². The number of sulfonamides is 1. The second kappa shape index (κ2) is 7.68. The molecular weight excluding hydrogens is 406 g/mol. The Labute approximate surface area is 172 Å². The minimum Gasteiger partial charge on any atom is -0.485 e. The molecule has 0 saturated carbocycles. The van der Waals surface area contributed by atoms with Crippen LogP contribution in [0.5, 0.6) is 5.75 Å². The second-order valence-electron chi connectivity index (χ2n) is 6.79. The van der Waals surface area contributed by atoms with Gasteiger partial charge in [-0.2, -0.15) is 0 Å². The number of fused-ring (bicyclic) bond motifs is 1. The predicted octanol–water partition coefficient (Wildman–Crippen LogP) is 3.28. The van der Waals surface area contributed by atoms with E-state index in [4.69, 9.17) is 9.26 Å². The van der Waals surface area contributed by atoms with E-state index in [9.17, 15) is 13.2 Å². The van der Waals surface area contributed by atoms with Crippen molar-refractivity contribution in [2.45, 2.75) is 25.3 Å². The maximum Gasteiger partial charge on any atom is 0.287 e. The number of nitrogens with zero attached hydrogens (tertiary/aromatic N) is 2. The van der Waals surface area contributed by atoms with Crippen molar-refractivity contribution in [2.24, 2.45) is 0 Å². The number of rotatable bonds is 6. The fraction of sp³-hybridized carbons (Fsp3) is 0.143. The SMILES string of the molecule is Cc1ccc(OCc2cc(=O)n3oc(C)cc3n2)c(NS(=O)(=O)c2ccccc2)c1. The van der Waals surface area contributed by atoms with E-state index in [1.54, 1.807) is 49.4 Å². The van der Waals surface area contributed by atoms with Crippen molar-refractivity contribution in [3.05, 3.63) is 88.0 Å². The van der Waals surface area contributed by atoms with Gasteiger partial charge in [-0.25, -0.2) is 13.4 Å². The van der Waals surface area contributed by atoms with Gasteiger partial charge in [-0.15, -0.1) is 4.57 Å². The first-order valence-electron chi connectivity index (χ1n) is 9.13. The summed E-state index contributed by atoms with van der Waals surface area (Å²) in [5.74, 6) is 0.888. The Morgan fingerprint density at radius 3 is 2.60 bits per heavy atom. The van der Waals surface area contributed by atoms with Crippen molar-refractivity contribution >= 4 is 21.4 Å². The monoisotopic (exact) mass is 425 g/mol. The molecule has 8 nitrogen and oxygen atoms in total. The van der Waals surface area contributed by atoms with Crippen molar-refractivity contribution < 1.29 is 17.7 Å². The number of aromatic nitrogens is 2. The highest BCUT2D eigenvalue weighted by molar-refractivity contribution is 7.92. The van der Waals surface area contributed by atoms with Gasteiger partial charge in [0.2, 0.25) is 0 Å². The van der Waals surface area contributed by atoms with Crippen LogP contribution in [0.2, 0.25) is 0 Å². The molecule has 0 aliphatic heterocycles. The van der Waals surface area contributed by atoms with Crippen molar-refractivity contribution in [3.8, 4) is 5.75 Å². The number of hydrogen-bond donors (Lipinski definition) is 1. The third-order valence-corrected chi connectivity index (χ3v) is 5.71. The van der Waals surface area contributed by atoms with Crippen LogP contribution < -0.4 is 15.0 Å². The standard InChI is InChI=1S/C21H19N3O5S/c1-14-8-9-19(18(10-14)23-30(26,27)17-6-4-3-5-7-17)28-13-16-12-21(25)24-20(22-16)11-15(2)29-24/h3-12,23H,13H2,1-2H3. The fourth-order valence-electron chi connectivity index (χ4n) is 2.95. The summed E-state index contributed by atoms with van der Waals surface area (Å²) in [6.07, 6.45) is 0. The first-order valence-corrected chi connectivity index (χ1v) is 10.6. The molecule has 4 rings (SSSR count). The number of hydrogen-bond acceptors (Lipinski definition) is 6. The summed E-state index contributed by atoms with van der Waals surface area (Å²) >= 11 is 0. The van der Waals surface area contributed by atoms with Gasteiger partial charge >= 0.3 is 0 Å². The van der Waals surface area contributed by atoms with Crippen LogP contribution in [-0.2, 0) is 16.6 Å². The molecule has 0 atom stereocenters. The normalized spacial score (nSPS) is 11.5. The molecule has 9 heteroatoms. The number of nitrogens with one attached hydrogen (secondary N) is 1. The van der Waals surface area contributed by atoms with Crippen LogP contribution in [0.25, 0.3) is 5.65 Å². The summed E-state index contributed by atoms with van der Waals surface area (Å²) in [5.41, 5.74) is 1.59. The van der Waals surface area contributed by atoms with E-state index in [1.807, 2.05) is 6.92 Å². The molecule has 0 spiro atoms. The summed E-state index contributed by atoms with van der Waals surface area (Å²) in [5, 5.41) is 0. The topological polar surface area (TPSA) is 103 Å². The Bertz CT molecular complexity index is 1380. The molecule has 2 aromatic carbocycles. The van der Waals surface area contributed by atoms with E-state index >= 15 is 0 Å². The van der Waals surface area contributed by atoms with Crippen molar-refractivity contribution in [1.82, 2.24) is 9.56 Å². The molecule has 0 saturated heterocycles. The number of ether oxygens (including phenoxy) is 1. The van der Waals surface area contributed by atoms with Crippen molar-refractivity contribution in [1.29, 1.82) is 0 Å². The maximum absolute atomic E-state index is 12.7. The average molecular weight is 425 g/mol. The van der Waals surface area contributed by atoms with Crippen molar-refractivity contribution in [2.75, 3.05) is 4.72 Å². The molecule has 30 heavy (non-hydrogen) atoms. The second-order valence-corrected chi connectivity index (χ2v) is 8.47. The Morgan fingerprint density at radius 1 is 1.07 bits per heavy atom. The highest BCUT2D eigenvalue weighted by atomic mass is 32.2. The maximum atomic E-state index is 12.7. The molecule has 0 aliphatic rings. The van der Waals surface area contributed by atoms with E-state index in [0.717, 1.165) is 10.1 Å². The zero-order valence-electron chi connectivity index (χ0n) is 16.3. The lowest BCUT2D eigenvalue weighted by molar-refractivity contribution is 0.300. The summed E-state index contributed by atoms with van der Waals surface area (Å²) in [7, 11) is -3.78. The number of anilines is 1. The lowest BCUT2D eigenvalue weighted by Gasteiger charge is -2.14. The quantitative estimate of drug-likeness (QED) is 0.509. The minimum absolute atomic E-state index is 0.0148. The van der Waals surface area contributed by atoms with E-state index in [1.165, 1.54) is 18.2 Å². The molecule has 4 aromatic rings. The van der Waals surface area contributed by atoms with Crippen LogP contribution in [0.1, 0.15) is 17.0 Å².